The average molecular weight is 375 g/mol. The number of sulfonamides is 1. The molecule has 0 heterocycles. The first-order chi connectivity index (χ1) is 12.1. The molecule has 0 aliphatic carbocycles. The summed E-state index contributed by atoms with van der Waals surface area (Å²) in [6.45, 7) is 8.23. The van der Waals surface area contributed by atoms with Gasteiger partial charge in [0.05, 0.1) is 11.4 Å². The zero-order valence-electron chi connectivity index (χ0n) is 15.7. The van der Waals surface area contributed by atoms with E-state index in [1.54, 1.807) is 29.2 Å². The lowest BCUT2D eigenvalue weighted by molar-refractivity contribution is -0.117. The third-order valence-corrected chi connectivity index (χ3v) is 5.55. The van der Waals surface area contributed by atoms with Crippen LogP contribution in [0.25, 0.3) is 0 Å². The van der Waals surface area contributed by atoms with Crippen molar-refractivity contribution >= 4 is 21.6 Å². The highest BCUT2D eigenvalue weighted by molar-refractivity contribution is 7.89. The van der Waals surface area contributed by atoms with Crippen molar-refractivity contribution in [3.8, 4) is 0 Å². The molecule has 0 unspecified atom stereocenters. The van der Waals surface area contributed by atoms with Crippen molar-refractivity contribution in [1.29, 1.82) is 0 Å². The van der Waals surface area contributed by atoms with Crippen LogP contribution in [0.3, 0.4) is 0 Å². The number of carbonyl (C=O) groups excluding carboxylic acids is 1. The van der Waals surface area contributed by atoms with Gasteiger partial charge in [-0.05, 0) is 42.2 Å². The van der Waals surface area contributed by atoms with E-state index < -0.39 is 10.0 Å². The second-order valence-corrected chi connectivity index (χ2v) is 8.84. The number of nitrogens with zero attached hydrogens (tertiary/aromatic N) is 1. The number of amides is 1. The van der Waals surface area contributed by atoms with E-state index in [-0.39, 0.29) is 22.8 Å². The molecule has 0 radical (unpaired) electrons. The maximum absolute atomic E-state index is 12.5. The van der Waals surface area contributed by atoms with E-state index in [9.17, 15) is 13.2 Å². The van der Waals surface area contributed by atoms with Gasteiger partial charge in [-0.15, -0.1) is 0 Å². The normalized spacial score (nSPS) is 12.0. The zero-order chi connectivity index (χ0) is 19.4. The van der Waals surface area contributed by atoms with Gasteiger partial charge in [-0.1, -0.05) is 51.1 Å². The quantitative estimate of drug-likeness (QED) is 0.843. The Hall–Kier alpha value is -2.18. The third kappa shape index (κ3) is 4.93. The van der Waals surface area contributed by atoms with E-state index in [2.05, 4.69) is 25.5 Å². The standard InChI is InChI=1S/C20H26N2O3S/c1-5-22(17-9-7-6-8-10-17)19(23)15-21-26(24,25)18-13-11-16(12-14-18)20(2,3)4/h6-14,21H,5,15H2,1-4H3. The van der Waals surface area contributed by atoms with Gasteiger partial charge in [0, 0.05) is 12.2 Å². The van der Waals surface area contributed by atoms with Crippen molar-refractivity contribution in [1.82, 2.24) is 4.72 Å². The number of rotatable bonds is 6. The highest BCUT2D eigenvalue weighted by atomic mass is 32.2. The number of likely N-dealkylation sites (N-methyl/N-ethyl adjacent to an activating group) is 1. The minimum absolute atomic E-state index is 0.0526. The van der Waals surface area contributed by atoms with Crippen LogP contribution in [-0.2, 0) is 20.2 Å². The van der Waals surface area contributed by atoms with Crippen LogP contribution < -0.4 is 9.62 Å². The third-order valence-electron chi connectivity index (χ3n) is 4.13. The molecule has 0 atom stereocenters. The number of para-hydroxylation sites is 1. The largest absolute Gasteiger partial charge is 0.312 e. The van der Waals surface area contributed by atoms with Gasteiger partial charge in [0.1, 0.15) is 0 Å². The van der Waals surface area contributed by atoms with Crippen LogP contribution >= 0.6 is 0 Å². The smallest absolute Gasteiger partial charge is 0.242 e. The highest BCUT2D eigenvalue weighted by Gasteiger charge is 2.20. The van der Waals surface area contributed by atoms with Crippen molar-refractivity contribution in [2.24, 2.45) is 0 Å². The lowest BCUT2D eigenvalue weighted by atomic mass is 9.87. The van der Waals surface area contributed by atoms with Crippen LogP contribution in [-0.4, -0.2) is 27.4 Å². The second-order valence-electron chi connectivity index (χ2n) is 7.07. The van der Waals surface area contributed by atoms with Gasteiger partial charge in [-0.25, -0.2) is 13.1 Å². The molecule has 0 bridgehead atoms. The van der Waals surface area contributed by atoms with E-state index in [1.807, 2.05) is 37.3 Å². The summed E-state index contributed by atoms with van der Waals surface area (Å²) < 4.78 is 27.3. The Morgan fingerprint density at radius 3 is 2.08 bits per heavy atom. The molecule has 5 nitrogen and oxygen atoms in total. The van der Waals surface area contributed by atoms with Crippen LogP contribution in [0.15, 0.2) is 59.5 Å². The molecule has 0 aliphatic rings. The van der Waals surface area contributed by atoms with Gasteiger partial charge in [-0.3, -0.25) is 4.79 Å². The van der Waals surface area contributed by atoms with Gasteiger partial charge >= 0.3 is 0 Å². The highest BCUT2D eigenvalue weighted by Crippen LogP contribution is 2.23. The number of hydrogen-bond acceptors (Lipinski definition) is 3. The zero-order valence-corrected chi connectivity index (χ0v) is 16.5. The summed E-state index contributed by atoms with van der Waals surface area (Å²) in [4.78, 5) is 14.1. The Morgan fingerprint density at radius 2 is 1.58 bits per heavy atom. The minimum Gasteiger partial charge on any atom is -0.312 e. The maximum Gasteiger partial charge on any atom is 0.242 e. The predicted octanol–water partition coefficient (Wildman–Crippen LogP) is 3.32. The van der Waals surface area contributed by atoms with Crippen LogP contribution in [0.5, 0.6) is 0 Å². The monoisotopic (exact) mass is 374 g/mol. The van der Waals surface area contributed by atoms with E-state index in [4.69, 9.17) is 0 Å². The number of anilines is 1. The van der Waals surface area contributed by atoms with Crippen LogP contribution in [0, 0.1) is 0 Å². The summed E-state index contributed by atoms with van der Waals surface area (Å²) in [5, 5.41) is 0. The van der Waals surface area contributed by atoms with E-state index in [1.165, 1.54) is 0 Å². The lowest BCUT2D eigenvalue weighted by Crippen LogP contribution is -2.40. The Morgan fingerprint density at radius 1 is 1.00 bits per heavy atom. The molecule has 0 fully saturated rings. The fourth-order valence-corrected chi connectivity index (χ4v) is 3.56. The molecular weight excluding hydrogens is 348 g/mol. The Kier molecular flexibility index (Phi) is 6.21. The Balaban J connectivity index is 2.08. The van der Waals surface area contributed by atoms with Crippen molar-refractivity contribution in [2.45, 2.75) is 38.0 Å². The predicted molar refractivity (Wildman–Crippen MR) is 105 cm³/mol. The summed E-state index contributed by atoms with van der Waals surface area (Å²) in [5.74, 6) is -0.298. The topological polar surface area (TPSA) is 66.5 Å². The van der Waals surface area contributed by atoms with Crippen LogP contribution in [0.2, 0.25) is 0 Å². The van der Waals surface area contributed by atoms with E-state index >= 15 is 0 Å². The van der Waals surface area contributed by atoms with E-state index in [0.717, 1.165) is 11.3 Å². The fourth-order valence-electron chi connectivity index (χ4n) is 2.58. The van der Waals surface area contributed by atoms with Crippen molar-refractivity contribution in [3.63, 3.8) is 0 Å². The molecule has 6 heteroatoms. The molecule has 26 heavy (non-hydrogen) atoms. The molecule has 140 valence electrons. The summed E-state index contributed by atoms with van der Waals surface area (Å²) in [6.07, 6.45) is 0. The summed E-state index contributed by atoms with van der Waals surface area (Å²) in [7, 11) is -3.74. The molecule has 1 N–H and O–H groups in total. The fraction of sp³-hybridized carbons (Fsp3) is 0.350. The molecule has 0 saturated carbocycles. The van der Waals surface area contributed by atoms with Gasteiger partial charge in [0.15, 0.2) is 0 Å². The number of carbonyl (C=O) groups is 1. The van der Waals surface area contributed by atoms with Crippen molar-refractivity contribution in [3.05, 3.63) is 60.2 Å². The van der Waals surface area contributed by atoms with Crippen LogP contribution in [0.1, 0.15) is 33.3 Å². The average Bonchev–Trinajstić information content (AvgIpc) is 2.61. The van der Waals surface area contributed by atoms with Gasteiger partial charge < -0.3 is 4.90 Å². The lowest BCUT2D eigenvalue weighted by Gasteiger charge is -2.21. The first kappa shape index (κ1) is 20.1. The van der Waals surface area contributed by atoms with Crippen molar-refractivity contribution in [2.75, 3.05) is 18.0 Å². The molecule has 0 aromatic heterocycles. The van der Waals surface area contributed by atoms with Crippen molar-refractivity contribution < 1.29 is 13.2 Å². The first-order valence-corrected chi connectivity index (χ1v) is 10.1. The summed E-state index contributed by atoms with van der Waals surface area (Å²) in [6, 6.07) is 15.9. The number of nitrogens with one attached hydrogen (secondary N) is 1. The molecule has 0 saturated heterocycles. The Labute approximate surface area is 156 Å². The number of hydrogen-bond donors (Lipinski definition) is 1. The van der Waals surface area contributed by atoms with Gasteiger partial charge in [0.2, 0.25) is 15.9 Å². The molecule has 2 aromatic carbocycles. The van der Waals surface area contributed by atoms with E-state index in [0.29, 0.717) is 6.54 Å². The summed E-state index contributed by atoms with van der Waals surface area (Å²) in [5.41, 5.74) is 1.74. The molecular formula is C20H26N2O3S. The minimum atomic E-state index is -3.74. The molecule has 1 amide bonds. The van der Waals surface area contributed by atoms with Gasteiger partial charge in [-0.2, -0.15) is 0 Å². The second kappa shape index (κ2) is 8.01. The molecule has 0 aliphatic heterocycles. The first-order valence-electron chi connectivity index (χ1n) is 8.61. The van der Waals surface area contributed by atoms with Gasteiger partial charge in [0.25, 0.3) is 0 Å². The SMILES string of the molecule is CCN(C(=O)CNS(=O)(=O)c1ccc(C(C)(C)C)cc1)c1ccccc1. The number of benzene rings is 2. The molecule has 0 spiro atoms. The molecule has 2 aromatic rings. The van der Waals surface area contributed by atoms with Crippen LogP contribution in [0.4, 0.5) is 5.69 Å². The summed E-state index contributed by atoms with van der Waals surface area (Å²) >= 11 is 0. The Bertz CT molecular complexity index is 839. The molecule has 2 rings (SSSR count). The maximum atomic E-state index is 12.5.